The van der Waals surface area contributed by atoms with Gasteiger partial charge >= 0.3 is 5.69 Å². The Labute approximate surface area is 172 Å². The van der Waals surface area contributed by atoms with Crippen LogP contribution in [0, 0.1) is 11.8 Å². The molecule has 1 aromatic heterocycles. The molecule has 0 amide bonds. The van der Waals surface area contributed by atoms with Crippen LogP contribution in [0.15, 0.2) is 9.59 Å². The smallest absolute Gasteiger partial charge is 0.330 e. The number of anilines is 2. The lowest BCUT2D eigenvalue weighted by Gasteiger charge is -2.34. The van der Waals surface area contributed by atoms with Crippen molar-refractivity contribution >= 4 is 28.8 Å². The van der Waals surface area contributed by atoms with Crippen LogP contribution in [0.2, 0.25) is 0 Å². The molecule has 1 aromatic rings. The Morgan fingerprint density at radius 2 is 2.04 bits per heavy atom. The van der Waals surface area contributed by atoms with Crippen LogP contribution in [-0.2, 0) is 6.54 Å². The number of unbranched alkanes of at least 4 members (excludes halogenated alkanes) is 1. The van der Waals surface area contributed by atoms with Gasteiger partial charge in [0.25, 0.3) is 5.56 Å². The van der Waals surface area contributed by atoms with Gasteiger partial charge in [-0.05, 0) is 43.3 Å². The van der Waals surface area contributed by atoms with Gasteiger partial charge in [-0.15, -0.1) is 0 Å². The molecule has 0 unspecified atom stereocenters. The van der Waals surface area contributed by atoms with Gasteiger partial charge < -0.3 is 16.0 Å². The molecular formula is C20H35N5O2S. The number of nitrogens with zero attached hydrogens (tertiary/aromatic N) is 2. The van der Waals surface area contributed by atoms with E-state index in [0.29, 0.717) is 30.2 Å². The number of aromatic amines is 1. The molecule has 0 radical (unpaired) electrons. The highest BCUT2D eigenvalue weighted by Gasteiger charge is 2.26. The van der Waals surface area contributed by atoms with Crippen molar-refractivity contribution in [2.75, 3.05) is 17.2 Å². The van der Waals surface area contributed by atoms with E-state index in [1.165, 1.54) is 23.8 Å². The average Bonchev–Trinajstić information content (AvgIpc) is 2.63. The maximum Gasteiger partial charge on any atom is 0.330 e. The Hall–Kier alpha value is -1.83. The quantitative estimate of drug-likeness (QED) is 0.599. The van der Waals surface area contributed by atoms with Crippen LogP contribution in [0.3, 0.4) is 0 Å². The first-order valence-electron chi connectivity index (χ1n) is 10.5. The van der Waals surface area contributed by atoms with E-state index >= 15 is 0 Å². The van der Waals surface area contributed by atoms with Crippen molar-refractivity contribution < 1.29 is 0 Å². The van der Waals surface area contributed by atoms with Gasteiger partial charge in [0.1, 0.15) is 5.82 Å². The number of aromatic nitrogens is 2. The molecular weight excluding hydrogens is 374 g/mol. The van der Waals surface area contributed by atoms with Crippen molar-refractivity contribution in [1.29, 1.82) is 0 Å². The average molecular weight is 410 g/mol. The second kappa shape index (κ2) is 10.1. The summed E-state index contributed by atoms with van der Waals surface area (Å²) in [6.45, 7) is 9.35. The maximum absolute atomic E-state index is 12.7. The fourth-order valence-corrected chi connectivity index (χ4v) is 4.12. The first-order valence-corrected chi connectivity index (χ1v) is 10.9. The summed E-state index contributed by atoms with van der Waals surface area (Å²) in [6, 6.07) is 0.298. The van der Waals surface area contributed by atoms with Crippen molar-refractivity contribution in [1.82, 2.24) is 14.9 Å². The molecule has 0 spiro atoms. The number of thiocarbonyl (C=S) groups is 1. The molecule has 1 aliphatic rings. The summed E-state index contributed by atoms with van der Waals surface area (Å²) >= 11 is 5.71. The minimum absolute atomic E-state index is 0.180. The molecule has 1 heterocycles. The highest BCUT2D eigenvalue weighted by atomic mass is 32.1. The van der Waals surface area contributed by atoms with Crippen molar-refractivity contribution in [3.05, 3.63) is 20.8 Å². The van der Waals surface area contributed by atoms with E-state index in [-0.39, 0.29) is 17.4 Å². The Morgan fingerprint density at radius 1 is 1.36 bits per heavy atom. The van der Waals surface area contributed by atoms with Gasteiger partial charge in [0.05, 0.1) is 0 Å². The molecule has 0 saturated heterocycles. The van der Waals surface area contributed by atoms with E-state index in [1.54, 1.807) is 4.90 Å². The molecule has 0 aromatic carbocycles. The summed E-state index contributed by atoms with van der Waals surface area (Å²) in [6.07, 6.45) is 6.51. The van der Waals surface area contributed by atoms with E-state index in [9.17, 15) is 9.59 Å². The number of nitrogens with one attached hydrogen (secondary N) is 2. The molecule has 158 valence electrons. The van der Waals surface area contributed by atoms with Crippen molar-refractivity contribution in [3.63, 3.8) is 0 Å². The highest BCUT2D eigenvalue weighted by Crippen LogP contribution is 2.25. The number of hydrogen-bond acceptors (Lipinski definition) is 4. The fraction of sp³-hybridized carbons (Fsp3) is 0.750. The number of H-pyrrole nitrogens is 1. The molecule has 7 nitrogen and oxygen atoms in total. The van der Waals surface area contributed by atoms with Gasteiger partial charge in [-0.3, -0.25) is 14.3 Å². The lowest BCUT2D eigenvalue weighted by Crippen LogP contribution is -2.50. The topological polar surface area (TPSA) is 96.2 Å². The molecule has 1 fully saturated rings. The summed E-state index contributed by atoms with van der Waals surface area (Å²) in [5, 5.41) is 3.98. The third-order valence-electron chi connectivity index (χ3n) is 5.43. The van der Waals surface area contributed by atoms with Crippen molar-refractivity contribution in [2.45, 2.75) is 78.8 Å². The number of nitrogens with two attached hydrogens (primary N) is 1. The number of hydrogen-bond donors (Lipinski definition) is 3. The fourth-order valence-electron chi connectivity index (χ4n) is 3.78. The molecule has 1 aliphatic carbocycles. The lowest BCUT2D eigenvalue weighted by molar-refractivity contribution is 0.309. The molecule has 0 aliphatic heterocycles. The largest absolute Gasteiger partial charge is 0.383 e. The summed E-state index contributed by atoms with van der Waals surface area (Å²) in [5.74, 6) is 0.931. The van der Waals surface area contributed by atoms with Crippen LogP contribution >= 0.6 is 12.2 Å². The van der Waals surface area contributed by atoms with Gasteiger partial charge in [0, 0.05) is 19.1 Å². The van der Waals surface area contributed by atoms with Crippen molar-refractivity contribution in [3.8, 4) is 0 Å². The van der Waals surface area contributed by atoms with E-state index in [2.05, 4.69) is 24.1 Å². The standard InChI is InChI=1S/C20H35N5O2S/c1-5-6-11-24(20(28)22-15-10-8-7-9-14(15)4)16-17(21)25(12-13(2)3)19(27)23-18(16)26/h13-15H,5-12,21H2,1-4H3,(H,22,28)(H,23,26,27)/t14-,15+/m0/s1. The van der Waals surface area contributed by atoms with Crippen LogP contribution < -0.4 is 27.2 Å². The number of nitrogen functional groups attached to an aromatic ring is 1. The SMILES string of the molecule is CCCCN(C(=S)N[C@@H]1CCCC[C@@H]1C)c1c(N)n(CC(C)C)c(=O)[nH]c1=O. The highest BCUT2D eigenvalue weighted by molar-refractivity contribution is 7.80. The second-order valence-electron chi connectivity index (χ2n) is 8.32. The summed E-state index contributed by atoms with van der Waals surface area (Å²) in [4.78, 5) is 29.2. The summed E-state index contributed by atoms with van der Waals surface area (Å²) in [7, 11) is 0. The Morgan fingerprint density at radius 3 is 2.64 bits per heavy atom. The van der Waals surface area contributed by atoms with Gasteiger partial charge in [-0.25, -0.2) is 4.79 Å². The minimum Gasteiger partial charge on any atom is -0.383 e. The second-order valence-corrected chi connectivity index (χ2v) is 8.71. The van der Waals surface area contributed by atoms with Crippen LogP contribution in [0.25, 0.3) is 0 Å². The first kappa shape index (κ1) is 22.5. The van der Waals surface area contributed by atoms with Crippen LogP contribution in [-0.4, -0.2) is 27.3 Å². The molecule has 2 atom stereocenters. The maximum atomic E-state index is 12.7. The van der Waals surface area contributed by atoms with Gasteiger partial charge in [-0.2, -0.15) is 0 Å². The lowest BCUT2D eigenvalue weighted by atomic mass is 9.86. The zero-order chi connectivity index (χ0) is 20.8. The number of rotatable bonds is 7. The van der Waals surface area contributed by atoms with E-state index in [0.717, 1.165) is 19.3 Å². The third-order valence-corrected chi connectivity index (χ3v) is 5.77. The predicted octanol–water partition coefficient (Wildman–Crippen LogP) is 2.83. The Bertz CT molecular complexity index is 786. The van der Waals surface area contributed by atoms with Gasteiger partial charge in [0.15, 0.2) is 10.8 Å². The third kappa shape index (κ3) is 5.37. The molecule has 0 bridgehead atoms. The summed E-state index contributed by atoms with van der Waals surface area (Å²) < 4.78 is 1.44. The normalized spacial score (nSPS) is 19.6. The Kier molecular flexibility index (Phi) is 8.10. The van der Waals surface area contributed by atoms with E-state index in [4.69, 9.17) is 18.0 Å². The van der Waals surface area contributed by atoms with E-state index in [1.807, 2.05) is 13.8 Å². The van der Waals surface area contributed by atoms with Crippen molar-refractivity contribution in [2.24, 2.45) is 11.8 Å². The zero-order valence-electron chi connectivity index (χ0n) is 17.6. The van der Waals surface area contributed by atoms with Gasteiger partial charge in [-0.1, -0.05) is 47.0 Å². The molecule has 28 heavy (non-hydrogen) atoms. The Balaban J connectivity index is 2.40. The van der Waals surface area contributed by atoms with E-state index < -0.39 is 11.2 Å². The zero-order valence-corrected chi connectivity index (χ0v) is 18.4. The van der Waals surface area contributed by atoms with Crippen LogP contribution in [0.4, 0.5) is 11.5 Å². The molecule has 4 N–H and O–H groups in total. The molecule has 2 rings (SSSR count). The monoisotopic (exact) mass is 409 g/mol. The molecule has 1 saturated carbocycles. The van der Waals surface area contributed by atoms with Crippen LogP contribution in [0.1, 0.15) is 66.2 Å². The minimum atomic E-state index is -0.487. The first-order chi connectivity index (χ1) is 13.3. The molecule has 8 heteroatoms. The van der Waals surface area contributed by atoms with Gasteiger partial charge in [0.2, 0.25) is 0 Å². The van der Waals surface area contributed by atoms with Crippen LogP contribution in [0.5, 0.6) is 0 Å². The predicted molar refractivity (Wildman–Crippen MR) is 120 cm³/mol. The summed E-state index contributed by atoms with van der Waals surface area (Å²) in [5.41, 5.74) is 5.63.